The SMILES string of the molecule is C[C@H]1CC[C@]2(NC1)O[C@H]1C[C@H]3[C@@H]4CC=C5C[C@@H](O[C@@H]6O[C@H](CO)[C@H](O)[C@H](O[C@@H]7O[C@H](CO)[C@@H](O)[C@H](O)[C@H]7O)[C@H]6O[C@@H]6O[C@@H](C)[C@H](O)[C@@H](O)[C@H]6O)CC[C@]5(C)[C@H]4CC[C@]3(C)[C@H]1[C@@H]2C. The third-order valence-corrected chi connectivity index (χ3v) is 17.9. The molecule has 62 heavy (non-hydrogen) atoms. The lowest BCUT2D eigenvalue weighted by Gasteiger charge is -2.59. The van der Waals surface area contributed by atoms with Gasteiger partial charge >= 0.3 is 0 Å². The van der Waals surface area contributed by atoms with Crippen LogP contribution in [-0.4, -0.2) is 176 Å². The Kier molecular flexibility index (Phi) is 12.9. The molecule has 8 fully saturated rings. The molecule has 0 amide bonds. The van der Waals surface area contributed by atoms with E-state index in [1.165, 1.54) is 25.3 Å². The van der Waals surface area contributed by atoms with Crippen LogP contribution in [0.1, 0.15) is 92.4 Å². The standard InChI is InChI=1S/C45H73NO16/c1-19-8-13-45(46-16-19)20(2)30-27(62-45)15-26-24-7-6-22-14-23(9-11-43(22,4)25(24)10-12-44(26,30)5)57-42-39(61-40-36(54)34(52)31(49)21(3)56-40)38(33(51)29(18-48)59-42)60-41-37(55)35(53)32(50)28(17-47)58-41/h6,19-21,23-42,46-55H,7-18H2,1-5H3/t19-,20-,21-,23-,24+,25-,26-,27-,28+,29+,30-,31-,32+,33-,34+,35-,36+,37+,38-,39+,40-,41-,42+,43-,44-,45-/m0/s1. The highest BCUT2D eigenvalue weighted by atomic mass is 16.8. The van der Waals surface area contributed by atoms with Crippen molar-refractivity contribution in [1.82, 2.24) is 5.32 Å². The Bertz CT molecular complexity index is 1610. The van der Waals surface area contributed by atoms with E-state index in [0.29, 0.717) is 48.3 Å². The van der Waals surface area contributed by atoms with Gasteiger partial charge in [0.2, 0.25) is 0 Å². The molecule has 17 nitrogen and oxygen atoms in total. The molecule has 10 N–H and O–H groups in total. The van der Waals surface area contributed by atoms with E-state index >= 15 is 0 Å². The Balaban J connectivity index is 0.940. The van der Waals surface area contributed by atoms with Gasteiger partial charge in [-0.3, -0.25) is 5.32 Å². The van der Waals surface area contributed by atoms with E-state index < -0.39 is 111 Å². The molecule has 0 radical (unpaired) electrons. The third-order valence-electron chi connectivity index (χ3n) is 17.9. The second kappa shape index (κ2) is 17.3. The maximum Gasteiger partial charge on any atom is 0.187 e. The van der Waals surface area contributed by atoms with E-state index in [-0.39, 0.29) is 22.7 Å². The van der Waals surface area contributed by atoms with Gasteiger partial charge in [-0.1, -0.05) is 39.3 Å². The lowest BCUT2D eigenvalue weighted by molar-refractivity contribution is -0.394. The highest BCUT2D eigenvalue weighted by molar-refractivity contribution is 5.26. The Morgan fingerprint density at radius 2 is 1.35 bits per heavy atom. The van der Waals surface area contributed by atoms with Gasteiger partial charge < -0.3 is 79.1 Å². The molecule has 26 atom stereocenters. The summed E-state index contributed by atoms with van der Waals surface area (Å²) < 4.78 is 43.9. The summed E-state index contributed by atoms with van der Waals surface area (Å²) in [6.07, 6.45) is -11.9. The van der Waals surface area contributed by atoms with Gasteiger partial charge in [0.15, 0.2) is 18.9 Å². The zero-order chi connectivity index (χ0) is 44.2. The van der Waals surface area contributed by atoms with Gasteiger partial charge in [-0.25, -0.2) is 0 Å². The monoisotopic (exact) mass is 883 g/mol. The number of aliphatic hydroxyl groups excluding tert-OH is 9. The first-order valence-electron chi connectivity index (χ1n) is 23.5. The molecule has 9 aliphatic rings. The number of allylic oxidation sites excluding steroid dienone is 1. The van der Waals surface area contributed by atoms with Crippen LogP contribution in [0.5, 0.6) is 0 Å². The maximum atomic E-state index is 11.6. The molecule has 17 heteroatoms. The van der Waals surface area contributed by atoms with E-state index in [1.54, 1.807) is 0 Å². The van der Waals surface area contributed by atoms with Crippen molar-refractivity contribution in [2.45, 2.75) is 202 Å². The number of aliphatic hydroxyl groups is 9. The summed E-state index contributed by atoms with van der Waals surface area (Å²) in [7, 11) is 0. The summed E-state index contributed by atoms with van der Waals surface area (Å²) in [6.45, 7) is 10.8. The Morgan fingerprint density at radius 1 is 0.694 bits per heavy atom. The average Bonchev–Trinajstić information content (AvgIpc) is 3.70. The van der Waals surface area contributed by atoms with Crippen LogP contribution >= 0.6 is 0 Å². The van der Waals surface area contributed by atoms with E-state index in [0.717, 1.165) is 38.6 Å². The summed E-state index contributed by atoms with van der Waals surface area (Å²) in [5.74, 6) is 3.32. The fraction of sp³-hybridized carbons (Fsp3) is 0.956. The van der Waals surface area contributed by atoms with E-state index in [4.69, 9.17) is 33.2 Å². The second-order valence-electron chi connectivity index (χ2n) is 21.2. The van der Waals surface area contributed by atoms with Crippen LogP contribution in [0.3, 0.4) is 0 Å². The molecule has 0 aromatic heterocycles. The minimum atomic E-state index is -1.84. The number of piperidine rings is 1. The molecule has 5 aliphatic heterocycles. The second-order valence-corrected chi connectivity index (χ2v) is 21.2. The summed E-state index contributed by atoms with van der Waals surface area (Å²) in [6, 6.07) is 0. The third kappa shape index (κ3) is 7.49. The van der Waals surface area contributed by atoms with E-state index in [9.17, 15) is 46.0 Å². The first-order valence-corrected chi connectivity index (χ1v) is 23.5. The van der Waals surface area contributed by atoms with Crippen LogP contribution in [-0.2, 0) is 33.2 Å². The van der Waals surface area contributed by atoms with Gasteiger partial charge in [0.25, 0.3) is 0 Å². The molecule has 354 valence electrons. The van der Waals surface area contributed by atoms with E-state index in [1.807, 2.05) is 0 Å². The number of nitrogens with one attached hydrogen (secondary N) is 1. The Labute approximate surface area is 364 Å². The van der Waals surface area contributed by atoms with Crippen molar-refractivity contribution in [2.24, 2.45) is 46.3 Å². The highest BCUT2D eigenvalue weighted by Crippen LogP contribution is 2.70. The summed E-state index contributed by atoms with van der Waals surface area (Å²) in [5, 5.41) is 99.7. The number of fused-ring (bicyclic) bond motifs is 7. The molecule has 4 aliphatic carbocycles. The van der Waals surface area contributed by atoms with Crippen LogP contribution in [0.2, 0.25) is 0 Å². The molecule has 9 rings (SSSR count). The maximum absolute atomic E-state index is 11.6. The molecule has 0 bridgehead atoms. The van der Waals surface area contributed by atoms with Crippen molar-refractivity contribution < 1.29 is 79.1 Å². The van der Waals surface area contributed by atoms with Crippen molar-refractivity contribution >= 4 is 0 Å². The molecule has 0 aromatic carbocycles. The van der Waals surface area contributed by atoms with Crippen molar-refractivity contribution in [3.8, 4) is 0 Å². The summed E-state index contributed by atoms with van der Waals surface area (Å²) in [4.78, 5) is 0. The molecule has 5 heterocycles. The van der Waals surface area contributed by atoms with Gasteiger partial charge in [0.05, 0.1) is 31.5 Å². The predicted octanol–water partition coefficient (Wildman–Crippen LogP) is -0.213. The molecule has 3 saturated carbocycles. The molecule has 1 spiro atoms. The average molecular weight is 884 g/mol. The lowest BCUT2D eigenvalue weighted by atomic mass is 9.47. The van der Waals surface area contributed by atoms with Crippen molar-refractivity contribution in [3.63, 3.8) is 0 Å². The first-order chi connectivity index (χ1) is 29.4. The summed E-state index contributed by atoms with van der Waals surface area (Å²) >= 11 is 0. The number of rotatable bonds is 8. The molecular weight excluding hydrogens is 810 g/mol. The van der Waals surface area contributed by atoms with Gasteiger partial charge in [0, 0.05) is 12.5 Å². The zero-order valence-corrected chi connectivity index (χ0v) is 36.7. The van der Waals surface area contributed by atoms with E-state index in [2.05, 4.69) is 39.1 Å². The van der Waals surface area contributed by atoms with Crippen molar-refractivity contribution in [3.05, 3.63) is 11.6 Å². The lowest BCUT2D eigenvalue weighted by Crippen LogP contribution is -2.67. The van der Waals surface area contributed by atoms with Crippen molar-refractivity contribution in [2.75, 3.05) is 19.8 Å². The topological polar surface area (TPSA) is 259 Å². The number of ether oxygens (including phenoxy) is 7. The van der Waals surface area contributed by atoms with Crippen LogP contribution in [0.15, 0.2) is 11.6 Å². The van der Waals surface area contributed by atoms with Gasteiger partial charge in [0.1, 0.15) is 72.9 Å². The predicted molar refractivity (Wildman–Crippen MR) is 216 cm³/mol. The minimum absolute atomic E-state index is 0.0361. The highest BCUT2D eigenvalue weighted by Gasteiger charge is 2.68. The Hall–Kier alpha value is -0.940. The van der Waals surface area contributed by atoms with Crippen LogP contribution in [0.25, 0.3) is 0 Å². The molecule has 0 aromatic rings. The van der Waals surface area contributed by atoms with Crippen molar-refractivity contribution in [1.29, 1.82) is 0 Å². The van der Waals surface area contributed by atoms with Gasteiger partial charge in [-0.05, 0) is 105 Å². The molecular formula is C45H73NO16. The van der Waals surface area contributed by atoms with Crippen LogP contribution < -0.4 is 5.32 Å². The smallest absolute Gasteiger partial charge is 0.187 e. The minimum Gasteiger partial charge on any atom is -0.394 e. The Morgan fingerprint density at radius 3 is 2.05 bits per heavy atom. The largest absolute Gasteiger partial charge is 0.394 e. The van der Waals surface area contributed by atoms with Crippen LogP contribution in [0.4, 0.5) is 0 Å². The zero-order valence-electron chi connectivity index (χ0n) is 36.7. The number of hydrogen-bond acceptors (Lipinski definition) is 17. The quantitative estimate of drug-likeness (QED) is 0.142. The van der Waals surface area contributed by atoms with Gasteiger partial charge in [-0.15, -0.1) is 0 Å². The fourth-order valence-electron chi connectivity index (χ4n) is 14.2. The normalized spacial score (nSPS) is 57.6. The molecule has 0 unspecified atom stereocenters. The number of hydrogen-bond donors (Lipinski definition) is 10. The first kappa shape index (κ1) is 46.2. The summed E-state index contributed by atoms with van der Waals surface area (Å²) in [5.41, 5.74) is 1.32. The van der Waals surface area contributed by atoms with Crippen LogP contribution in [0, 0.1) is 46.3 Å². The fourth-order valence-corrected chi connectivity index (χ4v) is 14.2. The molecule has 5 saturated heterocycles. The van der Waals surface area contributed by atoms with Gasteiger partial charge in [-0.2, -0.15) is 0 Å².